The fourth-order valence-electron chi connectivity index (χ4n) is 2.34. The minimum absolute atomic E-state index is 0.131. The van der Waals surface area contributed by atoms with Crippen LogP contribution in [-0.2, 0) is 19.1 Å². The molecule has 2 amide bonds. The summed E-state index contributed by atoms with van der Waals surface area (Å²) in [5.74, 6) is -1.22. The number of ether oxygens (including phenoxy) is 2. The molecule has 2 aromatic carbocycles. The smallest absolute Gasteiger partial charge is 0.328 e. The number of carbonyl (C=O) groups is 4. The van der Waals surface area contributed by atoms with Gasteiger partial charge in [-0.2, -0.15) is 0 Å². The number of esters is 1. The lowest BCUT2D eigenvalue weighted by Gasteiger charge is -2.13. The fraction of sp³-hybridized carbons (Fsp3) is 0.273. The van der Waals surface area contributed by atoms with Crippen molar-refractivity contribution in [1.29, 1.82) is 0 Å². The van der Waals surface area contributed by atoms with E-state index in [1.807, 2.05) is 6.07 Å². The van der Waals surface area contributed by atoms with Crippen molar-refractivity contribution < 1.29 is 28.7 Å². The van der Waals surface area contributed by atoms with Crippen molar-refractivity contribution in [2.24, 2.45) is 0 Å². The average Bonchev–Trinajstić information content (AvgIpc) is 2.76. The van der Waals surface area contributed by atoms with Crippen molar-refractivity contribution in [1.82, 2.24) is 5.32 Å². The van der Waals surface area contributed by atoms with Crippen LogP contribution >= 0.6 is 0 Å². The molecule has 158 valence electrons. The number of anilines is 1. The van der Waals surface area contributed by atoms with E-state index in [-0.39, 0.29) is 12.5 Å². The van der Waals surface area contributed by atoms with Gasteiger partial charge in [0, 0.05) is 17.7 Å². The fourth-order valence-corrected chi connectivity index (χ4v) is 2.34. The zero-order chi connectivity index (χ0) is 21.9. The Morgan fingerprint density at radius 2 is 1.57 bits per heavy atom. The monoisotopic (exact) mass is 412 g/mol. The van der Waals surface area contributed by atoms with Gasteiger partial charge >= 0.3 is 5.97 Å². The maximum absolute atomic E-state index is 12.2. The van der Waals surface area contributed by atoms with Gasteiger partial charge in [0.1, 0.15) is 11.8 Å². The Balaban J connectivity index is 1.75. The second-order valence-corrected chi connectivity index (χ2v) is 6.40. The standard InChI is InChI=1S/C22H24N2O6/c1-3-20(26)24-17-11-9-16(10-12-17)19(25)13-30-22(28)15(2)23-21(27)14-29-18-7-5-4-6-8-18/h4-12,15H,3,13-14H2,1-2H3,(H,23,27)(H,24,26)/t15-/m0/s1. The van der Waals surface area contributed by atoms with Crippen LogP contribution in [0.15, 0.2) is 54.6 Å². The molecule has 2 rings (SSSR count). The number of para-hydroxylation sites is 1. The minimum atomic E-state index is -0.934. The van der Waals surface area contributed by atoms with E-state index in [0.29, 0.717) is 23.4 Å². The van der Waals surface area contributed by atoms with Gasteiger partial charge < -0.3 is 20.1 Å². The SMILES string of the molecule is CCC(=O)Nc1ccc(C(=O)COC(=O)[C@H](C)NC(=O)COc2ccccc2)cc1. The van der Waals surface area contributed by atoms with E-state index in [9.17, 15) is 19.2 Å². The lowest BCUT2D eigenvalue weighted by Crippen LogP contribution is -2.42. The summed E-state index contributed by atoms with van der Waals surface area (Å²) < 4.78 is 10.3. The lowest BCUT2D eigenvalue weighted by atomic mass is 10.1. The molecule has 0 aliphatic rings. The van der Waals surface area contributed by atoms with Gasteiger partial charge in [-0.25, -0.2) is 4.79 Å². The van der Waals surface area contributed by atoms with Crippen LogP contribution in [0.25, 0.3) is 0 Å². The van der Waals surface area contributed by atoms with Crippen LogP contribution in [0.5, 0.6) is 5.75 Å². The van der Waals surface area contributed by atoms with Gasteiger partial charge in [0.25, 0.3) is 5.91 Å². The zero-order valence-electron chi connectivity index (χ0n) is 16.8. The number of hydrogen-bond acceptors (Lipinski definition) is 6. The number of carbonyl (C=O) groups excluding carboxylic acids is 4. The Labute approximate surface area is 174 Å². The summed E-state index contributed by atoms with van der Waals surface area (Å²) in [5.41, 5.74) is 0.912. The normalized spacial score (nSPS) is 11.1. The van der Waals surface area contributed by atoms with Crippen LogP contribution in [0.3, 0.4) is 0 Å². The number of hydrogen-bond donors (Lipinski definition) is 2. The molecule has 0 spiro atoms. The molecule has 0 aliphatic carbocycles. The largest absolute Gasteiger partial charge is 0.484 e. The highest BCUT2D eigenvalue weighted by atomic mass is 16.5. The molecule has 30 heavy (non-hydrogen) atoms. The van der Waals surface area contributed by atoms with E-state index in [1.54, 1.807) is 43.3 Å². The van der Waals surface area contributed by atoms with Crippen molar-refractivity contribution in [3.8, 4) is 5.75 Å². The average molecular weight is 412 g/mol. The summed E-state index contributed by atoms with van der Waals surface area (Å²) in [5, 5.41) is 5.13. The maximum Gasteiger partial charge on any atom is 0.328 e. The Hall–Kier alpha value is -3.68. The lowest BCUT2D eigenvalue weighted by molar-refractivity contribution is -0.146. The predicted octanol–water partition coefficient (Wildman–Crippen LogP) is 2.34. The highest BCUT2D eigenvalue weighted by Crippen LogP contribution is 2.11. The molecule has 0 unspecified atom stereocenters. The quantitative estimate of drug-likeness (QED) is 0.458. The molecule has 2 N–H and O–H groups in total. The Morgan fingerprint density at radius 3 is 2.20 bits per heavy atom. The molecule has 1 atom stereocenters. The number of rotatable bonds is 10. The minimum Gasteiger partial charge on any atom is -0.484 e. The Kier molecular flexibility index (Phi) is 8.56. The van der Waals surface area contributed by atoms with Crippen LogP contribution in [0.1, 0.15) is 30.6 Å². The Morgan fingerprint density at radius 1 is 0.900 bits per heavy atom. The highest BCUT2D eigenvalue weighted by molar-refractivity contribution is 5.99. The van der Waals surface area contributed by atoms with E-state index in [0.717, 1.165) is 0 Å². The molecule has 0 aromatic heterocycles. The van der Waals surface area contributed by atoms with Crippen molar-refractivity contribution in [3.05, 3.63) is 60.2 Å². The number of nitrogens with one attached hydrogen (secondary N) is 2. The summed E-state index contributed by atoms with van der Waals surface area (Å²) in [6, 6.07) is 14.1. The summed E-state index contributed by atoms with van der Waals surface area (Å²) in [6.07, 6.45) is 0.351. The van der Waals surface area contributed by atoms with Crippen LogP contribution in [0.2, 0.25) is 0 Å². The van der Waals surface area contributed by atoms with Gasteiger partial charge in [0.2, 0.25) is 5.91 Å². The van der Waals surface area contributed by atoms with Gasteiger partial charge in [-0.05, 0) is 43.3 Å². The van der Waals surface area contributed by atoms with Crippen LogP contribution in [0.4, 0.5) is 5.69 Å². The molecular formula is C22H24N2O6. The molecule has 0 radical (unpaired) electrons. The first-order valence-electron chi connectivity index (χ1n) is 9.46. The van der Waals surface area contributed by atoms with E-state index in [4.69, 9.17) is 9.47 Å². The highest BCUT2D eigenvalue weighted by Gasteiger charge is 2.19. The van der Waals surface area contributed by atoms with E-state index < -0.39 is 30.3 Å². The predicted molar refractivity (Wildman–Crippen MR) is 110 cm³/mol. The first kappa shape index (κ1) is 22.6. The van der Waals surface area contributed by atoms with Crippen molar-refractivity contribution >= 4 is 29.3 Å². The topological polar surface area (TPSA) is 111 Å². The van der Waals surface area contributed by atoms with Gasteiger partial charge in [-0.3, -0.25) is 14.4 Å². The summed E-state index contributed by atoms with van der Waals surface area (Å²) in [7, 11) is 0. The molecule has 0 aliphatic heterocycles. The number of benzene rings is 2. The zero-order valence-corrected chi connectivity index (χ0v) is 16.8. The maximum atomic E-state index is 12.2. The molecule has 0 saturated heterocycles. The van der Waals surface area contributed by atoms with Crippen molar-refractivity contribution in [3.63, 3.8) is 0 Å². The van der Waals surface area contributed by atoms with Crippen LogP contribution in [-0.4, -0.2) is 42.8 Å². The summed E-state index contributed by atoms with van der Waals surface area (Å²) >= 11 is 0. The van der Waals surface area contributed by atoms with Crippen LogP contribution in [0, 0.1) is 0 Å². The molecule has 0 bridgehead atoms. The van der Waals surface area contributed by atoms with Gasteiger partial charge in [-0.15, -0.1) is 0 Å². The second kappa shape index (κ2) is 11.4. The molecule has 8 heteroatoms. The summed E-state index contributed by atoms with van der Waals surface area (Å²) in [4.78, 5) is 47.4. The number of Topliss-reactive ketones (excluding diaryl/α,β-unsaturated/α-hetero) is 1. The van der Waals surface area contributed by atoms with Crippen LogP contribution < -0.4 is 15.4 Å². The van der Waals surface area contributed by atoms with Gasteiger partial charge in [0.15, 0.2) is 19.0 Å². The molecule has 2 aromatic rings. The first-order chi connectivity index (χ1) is 14.4. The number of ketones is 1. The van der Waals surface area contributed by atoms with Crippen molar-refractivity contribution in [2.45, 2.75) is 26.3 Å². The molecule has 0 fully saturated rings. The molecule has 0 saturated carbocycles. The molecule has 8 nitrogen and oxygen atoms in total. The third kappa shape index (κ3) is 7.38. The third-order valence-corrected chi connectivity index (χ3v) is 4.00. The van der Waals surface area contributed by atoms with E-state index in [1.165, 1.54) is 19.1 Å². The summed E-state index contributed by atoms with van der Waals surface area (Å²) in [6.45, 7) is 2.49. The molecule has 0 heterocycles. The van der Waals surface area contributed by atoms with Crippen molar-refractivity contribution in [2.75, 3.05) is 18.5 Å². The third-order valence-electron chi connectivity index (χ3n) is 4.00. The second-order valence-electron chi connectivity index (χ2n) is 6.40. The van der Waals surface area contributed by atoms with E-state index >= 15 is 0 Å². The van der Waals surface area contributed by atoms with E-state index in [2.05, 4.69) is 10.6 Å². The molecular weight excluding hydrogens is 388 g/mol. The Bertz CT molecular complexity index is 880. The van der Waals surface area contributed by atoms with Gasteiger partial charge in [-0.1, -0.05) is 25.1 Å². The van der Waals surface area contributed by atoms with Gasteiger partial charge in [0.05, 0.1) is 0 Å². The number of amides is 2. The first-order valence-corrected chi connectivity index (χ1v) is 9.46.